The third-order valence-corrected chi connectivity index (χ3v) is 4.21. The van der Waals surface area contributed by atoms with E-state index in [2.05, 4.69) is 31.3 Å². The molecule has 2 heteroatoms. The summed E-state index contributed by atoms with van der Waals surface area (Å²) in [5.41, 5.74) is 1.26. The standard InChI is InChI=1S/C16H25NO/c1-4-13-9-10-14(11-13)17-12(2)15-7-5-6-8-16(15)18-3/h5-8,12-14,17H,4,9-11H2,1-3H3/t12-,13?,14?/m0/s1. The monoisotopic (exact) mass is 247 g/mol. The lowest BCUT2D eigenvalue weighted by Gasteiger charge is -2.21. The van der Waals surface area contributed by atoms with Gasteiger partial charge in [0.1, 0.15) is 5.75 Å². The highest BCUT2D eigenvalue weighted by Gasteiger charge is 2.25. The average molecular weight is 247 g/mol. The molecule has 18 heavy (non-hydrogen) atoms. The molecule has 2 rings (SSSR count). The fourth-order valence-corrected chi connectivity index (χ4v) is 3.06. The molecule has 1 aliphatic rings. The molecular weight excluding hydrogens is 222 g/mol. The van der Waals surface area contributed by atoms with E-state index >= 15 is 0 Å². The minimum Gasteiger partial charge on any atom is -0.496 e. The van der Waals surface area contributed by atoms with Crippen molar-refractivity contribution in [1.29, 1.82) is 0 Å². The van der Waals surface area contributed by atoms with Gasteiger partial charge in [-0.25, -0.2) is 0 Å². The van der Waals surface area contributed by atoms with Crippen LogP contribution in [0.2, 0.25) is 0 Å². The maximum Gasteiger partial charge on any atom is 0.123 e. The van der Waals surface area contributed by atoms with Gasteiger partial charge in [0.05, 0.1) is 7.11 Å². The van der Waals surface area contributed by atoms with Gasteiger partial charge in [-0.15, -0.1) is 0 Å². The molecule has 2 nitrogen and oxygen atoms in total. The highest BCUT2D eigenvalue weighted by molar-refractivity contribution is 5.35. The van der Waals surface area contributed by atoms with Crippen LogP contribution in [0, 0.1) is 5.92 Å². The van der Waals surface area contributed by atoms with Crippen molar-refractivity contribution in [3.8, 4) is 5.75 Å². The fraction of sp³-hybridized carbons (Fsp3) is 0.625. The van der Waals surface area contributed by atoms with Crippen LogP contribution in [0.15, 0.2) is 24.3 Å². The Bertz CT molecular complexity index is 377. The van der Waals surface area contributed by atoms with Crippen molar-refractivity contribution in [1.82, 2.24) is 5.32 Å². The third-order valence-electron chi connectivity index (χ3n) is 4.21. The average Bonchev–Trinajstić information content (AvgIpc) is 2.86. The predicted octanol–water partition coefficient (Wildman–Crippen LogP) is 3.92. The highest BCUT2D eigenvalue weighted by Crippen LogP contribution is 2.31. The Morgan fingerprint density at radius 3 is 2.78 bits per heavy atom. The molecule has 0 aromatic heterocycles. The molecule has 0 bridgehead atoms. The van der Waals surface area contributed by atoms with Gasteiger partial charge in [0, 0.05) is 17.6 Å². The summed E-state index contributed by atoms with van der Waals surface area (Å²) in [5.74, 6) is 1.91. The molecule has 0 aliphatic heterocycles. The van der Waals surface area contributed by atoms with Crippen molar-refractivity contribution >= 4 is 0 Å². The van der Waals surface area contributed by atoms with Gasteiger partial charge in [0.25, 0.3) is 0 Å². The number of ether oxygens (including phenoxy) is 1. The lowest BCUT2D eigenvalue weighted by Crippen LogP contribution is -2.29. The number of rotatable bonds is 5. The van der Waals surface area contributed by atoms with Crippen molar-refractivity contribution in [2.45, 2.75) is 51.6 Å². The van der Waals surface area contributed by atoms with E-state index in [1.54, 1.807) is 7.11 Å². The summed E-state index contributed by atoms with van der Waals surface area (Å²) in [4.78, 5) is 0. The Labute approximate surface area is 111 Å². The van der Waals surface area contributed by atoms with Crippen molar-refractivity contribution in [2.75, 3.05) is 7.11 Å². The molecule has 1 aromatic carbocycles. The first kappa shape index (κ1) is 13.4. The Balaban J connectivity index is 1.97. The minimum atomic E-state index is 0.363. The van der Waals surface area contributed by atoms with E-state index in [4.69, 9.17) is 4.74 Å². The summed E-state index contributed by atoms with van der Waals surface area (Å²) in [6.07, 6.45) is 5.35. The Kier molecular flexibility index (Phi) is 4.65. The number of hydrogen-bond donors (Lipinski definition) is 1. The van der Waals surface area contributed by atoms with Crippen LogP contribution in [0.1, 0.15) is 51.1 Å². The van der Waals surface area contributed by atoms with E-state index in [0.717, 1.165) is 11.7 Å². The lowest BCUT2D eigenvalue weighted by molar-refractivity contribution is 0.390. The molecule has 0 saturated heterocycles. The van der Waals surface area contributed by atoms with E-state index in [-0.39, 0.29) is 0 Å². The quantitative estimate of drug-likeness (QED) is 0.851. The SMILES string of the molecule is CCC1CCC(N[C@@H](C)c2ccccc2OC)C1. The summed E-state index contributed by atoms with van der Waals surface area (Å²) in [6, 6.07) is 9.34. The highest BCUT2D eigenvalue weighted by atomic mass is 16.5. The van der Waals surface area contributed by atoms with E-state index in [1.165, 1.54) is 31.2 Å². The molecule has 0 heterocycles. The van der Waals surface area contributed by atoms with E-state index in [9.17, 15) is 0 Å². The van der Waals surface area contributed by atoms with Gasteiger partial charge in [-0.05, 0) is 38.2 Å². The topological polar surface area (TPSA) is 21.3 Å². The van der Waals surface area contributed by atoms with Gasteiger partial charge < -0.3 is 10.1 Å². The number of nitrogens with one attached hydrogen (secondary N) is 1. The predicted molar refractivity (Wildman–Crippen MR) is 76.0 cm³/mol. The molecule has 2 unspecified atom stereocenters. The van der Waals surface area contributed by atoms with Crippen LogP contribution < -0.4 is 10.1 Å². The second-order valence-corrected chi connectivity index (χ2v) is 5.41. The first-order chi connectivity index (χ1) is 8.74. The normalized spacial score (nSPS) is 25.1. The Morgan fingerprint density at radius 2 is 2.11 bits per heavy atom. The number of para-hydroxylation sites is 1. The Hall–Kier alpha value is -1.02. The minimum absolute atomic E-state index is 0.363. The Morgan fingerprint density at radius 1 is 1.33 bits per heavy atom. The van der Waals surface area contributed by atoms with E-state index in [1.807, 2.05) is 12.1 Å². The van der Waals surface area contributed by atoms with Crippen LogP contribution in [-0.4, -0.2) is 13.2 Å². The molecule has 1 N–H and O–H groups in total. The fourth-order valence-electron chi connectivity index (χ4n) is 3.06. The molecule has 0 radical (unpaired) electrons. The maximum absolute atomic E-state index is 5.43. The van der Waals surface area contributed by atoms with Gasteiger partial charge in [0.15, 0.2) is 0 Å². The molecule has 0 amide bonds. The van der Waals surface area contributed by atoms with Crippen LogP contribution in [0.5, 0.6) is 5.75 Å². The first-order valence-electron chi connectivity index (χ1n) is 7.13. The van der Waals surface area contributed by atoms with Gasteiger partial charge in [0.2, 0.25) is 0 Å². The molecule has 1 aliphatic carbocycles. The van der Waals surface area contributed by atoms with Gasteiger partial charge >= 0.3 is 0 Å². The smallest absolute Gasteiger partial charge is 0.123 e. The summed E-state index contributed by atoms with van der Waals surface area (Å²) in [6.45, 7) is 4.54. The van der Waals surface area contributed by atoms with E-state index in [0.29, 0.717) is 12.1 Å². The summed E-state index contributed by atoms with van der Waals surface area (Å²) < 4.78 is 5.43. The van der Waals surface area contributed by atoms with Gasteiger partial charge in [-0.2, -0.15) is 0 Å². The van der Waals surface area contributed by atoms with Gasteiger partial charge in [-0.1, -0.05) is 31.5 Å². The number of benzene rings is 1. The second-order valence-electron chi connectivity index (χ2n) is 5.41. The van der Waals surface area contributed by atoms with Crippen LogP contribution >= 0.6 is 0 Å². The molecule has 1 saturated carbocycles. The number of hydrogen-bond acceptors (Lipinski definition) is 2. The van der Waals surface area contributed by atoms with Crippen molar-refractivity contribution < 1.29 is 4.74 Å². The van der Waals surface area contributed by atoms with Crippen LogP contribution in [-0.2, 0) is 0 Å². The van der Waals surface area contributed by atoms with Crippen LogP contribution in [0.3, 0.4) is 0 Å². The molecule has 100 valence electrons. The zero-order chi connectivity index (χ0) is 13.0. The summed E-state index contributed by atoms with van der Waals surface area (Å²) in [7, 11) is 1.74. The second kappa shape index (κ2) is 6.24. The van der Waals surface area contributed by atoms with Crippen LogP contribution in [0.25, 0.3) is 0 Å². The third kappa shape index (κ3) is 3.05. The molecule has 1 aromatic rings. The van der Waals surface area contributed by atoms with Crippen molar-refractivity contribution in [3.63, 3.8) is 0 Å². The maximum atomic E-state index is 5.43. The van der Waals surface area contributed by atoms with Crippen molar-refractivity contribution in [2.24, 2.45) is 5.92 Å². The molecular formula is C16H25NO. The number of methoxy groups -OCH3 is 1. The lowest BCUT2D eigenvalue weighted by atomic mass is 10.0. The molecule has 0 spiro atoms. The molecule has 1 fully saturated rings. The largest absolute Gasteiger partial charge is 0.496 e. The zero-order valence-electron chi connectivity index (χ0n) is 11.8. The van der Waals surface area contributed by atoms with Gasteiger partial charge in [-0.3, -0.25) is 0 Å². The zero-order valence-corrected chi connectivity index (χ0v) is 11.8. The summed E-state index contributed by atoms with van der Waals surface area (Å²) in [5, 5.41) is 3.75. The van der Waals surface area contributed by atoms with Crippen molar-refractivity contribution in [3.05, 3.63) is 29.8 Å². The molecule has 3 atom stereocenters. The summed E-state index contributed by atoms with van der Waals surface area (Å²) >= 11 is 0. The van der Waals surface area contributed by atoms with E-state index < -0.39 is 0 Å². The van der Waals surface area contributed by atoms with Crippen LogP contribution in [0.4, 0.5) is 0 Å². The first-order valence-corrected chi connectivity index (χ1v) is 7.13.